The zero-order valence-electron chi connectivity index (χ0n) is 23.5. The van der Waals surface area contributed by atoms with E-state index in [1.54, 1.807) is 43.5 Å². The minimum Gasteiger partial charge on any atom is -0.497 e. The summed E-state index contributed by atoms with van der Waals surface area (Å²) in [5.41, 5.74) is 0.205. The number of hydrogen-bond donors (Lipinski definition) is 0. The van der Waals surface area contributed by atoms with Crippen molar-refractivity contribution in [2.24, 2.45) is 0 Å². The minimum atomic E-state index is -0.686. The van der Waals surface area contributed by atoms with Crippen LogP contribution in [0, 0.1) is 0 Å². The van der Waals surface area contributed by atoms with E-state index in [1.165, 1.54) is 7.11 Å². The van der Waals surface area contributed by atoms with E-state index >= 15 is 0 Å². The number of methoxy groups -OCH3 is 2. The maximum absolute atomic E-state index is 13.5. The lowest BCUT2D eigenvalue weighted by atomic mass is 9.83. The largest absolute Gasteiger partial charge is 0.497 e. The van der Waals surface area contributed by atoms with Gasteiger partial charge >= 0.3 is 11.9 Å². The van der Waals surface area contributed by atoms with Crippen molar-refractivity contribution in [3.63, 3.8) is 0 Å². The molecule has 2 saturated heterocycles. The van der Waals surface area contributed by atoms with Crippen molar-refractivity contribution in [3.05, 3.63) is 71.3 Å². The van der Waals surface area contributed by atoms with Crippen molar-refractivity contribution < 1.29 is 42.7 Å². The van der Waals surface area contributed by atoms with Gasteiger partial charge in [0, 0.05) is 19.6 Å². The molecule has 0 N–H and O–H groups in total. The van der Waals surface area contributed by atoms with Gasteiger partial charge in [-0.1, -0.05) is 24.3 Å². The van der Waals surface area contributed by atoms with Crippen LogP contribution in [0.3, 0.4) is 0 Å². The van der Waals surface area contributed by atoms with Crippen LogP contribution in [0.4, 0.5) is 0 Å². The third-order valence-electron chi connectivity index (χ3n) is 7.86. The molecule has 2 aromatic rings. The molecule has 2 bridgehead atoms. The quantitative estimate of drug-likeness (QED) is 0.219. The van der Waals surface area contributed by atoms with E-state index in [9.17, 15) is 9.59 Å². The van der Waals surface area contributed by atoms with Gasteiger partial charge in [-0.25, -0.2) is 9.59 Å². The number of carbonyl (C=O) groups excluding carboxylic acids is 2. The Morgan fingerprint density at radius 1 is 1.10 bits per heavy atom. The molecule has 0 radical (unpaired) electrons. The summed E-state index contributed by atoms with van der Waals surface area (Å²) in [5.74, 6) is -0.0675. The number of aryl methyl sites for hydroxylation is 1. The minimum absolute atomic E-state index is 0.0358. The van der Waals surface area contributed by atoms with Crippen molar-refractivity contribution in [2.45, 2.75) is 75.7 Å². The predicted octanol–water partition coefficient (Wildman–Crippen LogP) is 4.66. The fourth-order valence-electron chi connectivity index (χ4n) is 5.68. The van der Waals surface area contributed by atoms with Gasteiger partial charge in [0.2, 0.25) is 0 Å². The maximum Gasteiger partial charge on any atom is 0.342 e. The first-order valence-electron chi connectivity index (χ1n) is 13.5. The molecule has 5 atom stereocenters. The smallest absolute Gasteiger partial charge is 0.342 e. The van der Waals surface area contributed by atoms with E-state index in [1.807, 2.05) is 39.0 Å². The van der Waals surface area contributed by atoms with Gasteiger partial charge in [-0.2, -0.15) is 0 Å². The second-order valence-electron chi connectivity index (χ2n) is 10.8. The Kier molecular flexibility index (Phi) is 7.90. The number of hydrogen-bond acceptors (Lipinski definition) is 9. The van der Waals surface area contributed by atoms with E-state index in [0.717, 1.165) is 0 Å². The van der Waals surface area contributed by atoms with Gasteiger partial charge in [-0.3, -0.25) is 0 Å². The highest BCUT2D eigenvalue weighted by Gasteiger charge is 2.75. The lowest BCUT2D eigenvalue weighted by molar-refractivity contribution is -0.135. The molecule has 3 heterocycles. The van der Waals surface area contributed by atoms with Crippen LogP contribution in [0.1, 0.15) is 59.9 Å². The molecule has 2 aromatic carbocycles. The highest BCUT2D eigenvalue weighted by molar-refractivity contribution is 5.95. The number of epoxide rings is 1. The highest BCUT2D eigenvalue weighted by atomic mass is 16.7. The molecule has 40 heavy (non-hydrogen) atoms. The van der Waals surface area contributed by atoms with Crippen molar-refractivity contribution in [1.82, 2.24) is 0 Å². The Morgan fingerprint density at radius 3 is 2.58 bits per heavy atom. The second-order valence-corrected chi connectivity index (χ2v) is 10.8. The van der Waals surface area contributed by atoms with Gasteiger partial charge in [-0.15, -0.1) is 0 Å². The molecular formula is C31H36O9. The number of ether oxygens (including phenoxy) is 7. The zero-order valence-corrected chi connectivity index (χ0v) is 23.5. The monoisotopic (exact) mass is 552 g/mol. The van der Waals surface area contributed by atoms with Crippen LogP contribution in [0.2, 0.25) is 0 Å². The van der Waals surface area contributed by atoms with Crippen LogP contribution < -0.4 is 9.47 Å². The third-order valence-corrected chi connectivity index (χ3v) is 7.86. The molecule has 9 heteroatoms. The van der Waals surface area contributed by atoms with Crippen molar-refractivity contribution in [1.29, 1.82) is 0 Å². The summed E-state index contributed by atoms with van der Waals surface area (Å²) < 4.78 is 41.1. The van der Waals surface area contributed by atoms with Gasteiger partial charge < -0.3 is 33.2 Å². The Labute approximate surface area is 234 Å². The molecule has 0 saturated carbocycles. The number of cyclic esters (lactones) is 1. The summed E-state index contributed by atoms with van der Waals surface area (Å²) in [5, 5.41) is 0. The van der Waals surface area contributed by atoms with Crippen LogP contribution in [-0.4, -0.2) is 68.6 Å². The molecule has 0 aliphatic carbocycles. The SMILES string of the molecule is COCOc1cc(OC)cc2c1C(=O)O[C@@H](C)C/C=C\C(OC(=O)c1ccccc1)[C@H]1OC(C)(C)C3(CC2)O[C@H]13. The summed E-state index contributed by atoms with van der Waals surface area (Å²) in [4.78, 5) is 26.5. The van der Waals surface area contributed by atoms with Crippen LogP contribution >= 0.6 is 0 Å². The van der Waals surface area contributed by atoms with Crippen molar-refractivity contribution >= 4 is 11.9 Å². The number of benzene rings is 2. The first-order valence-corrected chi connectivity index (χ1v) is 13.5. The van der Waals surface area contributed by atoms with Gasteiger partial charge in [0.25, 0.3) is 0 Å². The molecular weight excluding hydrogens is 516 g/mol. The average molecular weight is 553 g/mol. The van der Waals surface area contributed by atoms with Gasteiger partial charge in [0.1, 0.15) is 47.1 Å². The molecule has 3 aliphatic rings. The topological polar surface area (TPSA) is 102 Å². The molecule has 0 amide bonds. The predicted molar refractivity (Wildman–Crippen MR) is 145 cm³/mol. The van der Waals surface area contributed by atoms with Gasteiger partial charge in [0.15, 0.2) is 6.79 Å². The lowest BCUT2D eigenvalue weighted by Crippen LogP contribution is -2.40. The first-order chi connectivity index (χ1) is 19.2. The van der Waals surface area contributed by atoms with E-state index in [-0.39, 0.29) is 12.9 Å². The Morgan fingerprint density at radius 2 is 1.88 bits per heavy atom. The molecule has 0 aromatic heterocycles. The van der Waals surface area contributed by atoms with Gasteiger partial charge in [-0.05, 0) is 63.5 Å². The molecule has 5 rings (SSSR count). The summed E-state index contributed by atoms with van der Waals surface area (Å²) in [6.07, 6.45) is 3.16. The maximum atomic E-state index is 13.5. The summed E-state index contributed by atoms with van der Waals surface area (Å²) in [7, 11) is 3.07. The summed E-state index contributed by atoms with van der Waals surface area (Å²) in [6.45, 7) is 5.75. The average Bonchev–Trinajstić information content (AvgIpc) is 3.64. The molecule has 2 unspecified atom stereocenters. The van der Waals surface area contributed by atoms with Gasteiger partial charge in [0.05, 0.1) is 18.3 Å². The van der Waals surface area contributed by atoms with Crippen LogP contribution in [0.15, 0.2) is 54.6 Å². The van der Waals surface area contributed by atoms with Crippen molar-refractivity contribution in [2.75, 3.05) is 21.0 Å². The Hall–Kier alpha value is -3.40. The van der Waals surface area contributed by atoms with E-state index in [4.69, 9.17) is 33.2 Å². The van der Waals surface area contributed by atoms with E-state index in [2.05, 4.69) is 0 Å². The second kappa shape index (κ2) is 11.2. The number of esters is 2. The summed E-state index contributed by atoms with van der Waals surface area (Å²) in [6, 6.07) is 12.3. The third kappa shape index (κ3) is 5.33. The number of carbonyl (C=O) groups is 2. The Bertz CT molecular complexity index is 1270. The van der Waals surface area contributed by atoms with Crippen molar-refractivity contribution in [3.8, 4) is 11.5 Å². The number of rotatable bonds is 6. The highest BCUT2D eigenvalue weighted by Crippen LogP contribution is 2.59. The van der Waals surface area contributed by atoms with Crippen LogP contribution in [0.25, 0.3) is 0 Å². The zero-order chi connectivity index (χ0) is 28.5. The van der Waals surface area contributed by atoms with Crippen LogP contribution in [0.5, 0.6) is 11.5 Å². The fraction of sp³-hybridized carbons (Fsp3) is 0.484. The van der Waals surface area contributed by atoms with E-state index < -0.39 is 41.5 Å². The molecule has 9 nitrogen and oxygen atoms in total. The number of fused-ring (bicyclic) bond motifs is 1. The first kappa shape index (κ1) is 28.1. The summed E-state index contributed by atoms with van der Waals surface area (Å²) >= 11 is 0. The lowest BCUT2D eigenvalue weighted by Gasteiger charge is -2.31. The molecule has 0 spiro atoms. The van der Waals surface area contributed by atoms with E-state index in [0.29, 0.717) is 47.5 Å². The van der Waals surface area contributed by atoms with Crippen LogP contribution in [-0.2, 0) is 30.1 Å². The Balaban J connectivity index is 1.49. The molecule has 2 fully saturated rings. The molecule has 3 aliphatic heterocycles. The normalized spacial score (nSPS) is 29.7. The molecule has 214 valence electrons. The standard InChI is InChI=1S/C31H36O9/c1-19-10-9-13-23(38-28(32)20-11-7-6-8-12-20)26-27-31(40-27,30(2,3)39-26)15-14-21-16-22(35-5)17-24(36-18-34-4)25(21)29(33)37-19/h6-9,11-13,16-17,19,23,26-27H,10,14-15,18H2,1-5H3/b13-9-/t19-,23?,26+,27+,31?/m0/s1. The fourth-order valence-corrected chi connectivity index (χ4v) is 5.68.